The predicted molar refractivity (Wildman–Crippen MR) is 55.4 cm³/mol. The number of likely N-dealkylation sites (N-methyl/N-ethyl adjacent to an activating group) is 1. The van der Waals surface area contributed by atoms with Crippen molar-refractivity contribution in [2.45, 2.75) is 19.1 Å². The molecule has 0 fully saturated rings. The highest BCUT2D eigenvalue weighted by Crippen LogP contribution is 2.36. The van der Waals surface area contributed by atoms with Gasteiger partial charge in [-0.25, -0.2) is 4.39 Å². The fourth-order valence-corrected chi connectivity index (χ4v) is 1.15. The van der Waals surface area contributed by atoms with E-state index in [2.05, 4.69) is 5.32 Å². The zero-order valence-electron chi connectivity index (χ0n) is 9.44. The highest BCUT2D eigenvalue weighted by Gasteiger charge is 2.34. The van der Waals surface area contributed by atoms with Crippen LogP contribution >= 0.6 is 0 Å². The molecule has 1 aromatic rings. The first-order valence-corrected chi connectivity index (χ1v) is 5.01. The molecule has 1 N–H and O–H groups in total. The summed E-state index contributed by atoms with van der Waals surface area (Å²) in [7, 11) is 1.67. The summed E-state index contributed by atoms with van der Waals surface area (Å²) in [5.41, 5.74) is -1.10. The fraction of sp³-hybridized carbons (Fsp3) is 0.455. The maximum Gasteiger partial charge on any atom is 0.420 e. The zero-order chi connectivity index (χ0) is 13.1. The lowest BCUT2D eigenvalue weighted by molar-refractivity contribution is -0.139. The van der Waals surface area contributed by atoms with Crippen molar-refractivity contribution in [3.63, 3.8) is 0 Å². The molecule has 0 heterocycles. The minimum atomic E-state index is -4.62. The largest absolute Gasteiger partial charge is 0.491 e. The Morgan fingerprint density at radius 2 is 2.00 bits per heavy atom. The molecule has 17 heavy (non-hydrogen) atoms. The summed E-state index contributed by atoms with van der Waals surface area (Å²) in [5, 5.41) is 2.82. The van der Waals surface area contributed by atoms with E-state index in [-0.39, 0.29) is 18.4 Å². The number of hydrogen-bond acceptors (Lipinski definition) is 2. The van der Waals surface area contributed by atoms with E-state index in [0.29, 0.717) is 6.07 Å². The van der Waals surface area contributed by atoms with Crippen LogP contribution in [0.3, 0.4) is 0 Å². The summed E-state index contributed by atoms with van der Waals surface area (Å²) in [6, 6.07) is 2.26. The van der Waals surface area contributed by atoms with E-state index in [1.807, 2.05) is 0 Å². The van der Waals surface area contributed by atoms with Crippen LogP contribution < -0.4 is 10.1 Å². The molecule has 0 saturated carbocycles. The first kappa shape index (κ1) is 13.8. The average molecular weight is 251 g/mol. The number of hydrogen-bond donors (Lipinski definition) is 1. The minimum Gasteiger partial charge on any atom is -0.491 e. The maximum atomic E-state index is 12.8. The summed E-state index contributed by atoms with van der Waals surface area (Å²) < 4.78 is 55.5. The quantitative estimate of drug-likeness (QED) is 0.831. The van der Waals surface area contributed by atoms with Gasteiger partial charge in [0.25, 0.3) is 0 Å². The summed E-state index contributed by atoms with van der Waals surface area (Å²) in [4.78, 5) is 0. The number of halogens is 4. The Kier molecular flexibility index (Phi) is 4.34. The summed E-state index contributed by atoms with van der Waals surface area (Å²) in [6.45, 7) is 1.84. The molecular weight excluding hydrogens is 238 g/mol. The van der Waals surface area contributed by atoms with Gasteiger partial charge in [-0.1, -0.05) is 0 Å². The highest BCUT2D eigenvalue weighted by molar-refractivity contribution is 5.36. The van der Waals surface area contributed by atoms with Crippen LogP contribution in [0.15, 0.2) is 18.2 Å². The van der Waals surface area contributed by atoms with Gasteiger partial charge in [-0.2, -0.15) is 13.2 Å². The second-order valence-electron chi connectivity index (χ2n) is 3.64. The lowest BCUT2D eigenvalue weighted by Crippen LogP contribution is -2.28. The normalized spacial score (nSPS) is 13.5. The van der Waals surface area contributed by atoms with Gasteiger partial charge in [0.05, 0.1) is 0 Å². The van der Waals surface area contributed by atoms with Gasteiger partial charge in [-0.05, 0) is 32.2 Å². The molecule has 0 spiro atoms. The molecule has 0 radical (unpaired) electrons. The zero-order valence-corrected chi connectivity index (χ0v) is 9.44. The third-order valence-electron chi connectivity index (χ3n) is 2.23. The van der Waals surface area contributed by atoms with Crippen molar-refractivity contribution in [3.05, 3.63) is 29.6 Å². The minimum absolute atomic E-state index is 0.0746. The molecule has 0 amide bonds. The lowest BCUT2D eigenvalue weighted by Gasteiger charge is -2.16. The molecule has 2 nitrogen and oxygen atoms in total. The number of benzene rings is 1. The van der Waals surface area contributed by atoms with Crippen molar-refractivity contribution >= 4 is 0 Å². The molecule has 0 aliphatic carbocycles. The van der Waals surface area contributed by atoms with Gasteiger partial charge in [0, 0.05) is 6.04 Å². The van der Waals surface area contributed by atoms with Crippen molar-refractivity contribution in [1.82, 2.24) is 5.32 Å². The number of nitrogens with one attached hydrogen (secondary N) is 1. The van der Waals surface area contributed by atoms with Gasteiger partial charge in [-0.3, -0.25) is 0 Å². The Balaban J connectivity index is 2.91. The first-order valence-electron chi connectivity index (χ1n) is 5.01. The van der Waals surface area contributed by atoms with Crippen molar-refractivity contribution < 1.29 is 22.3 Å². The van der Waals surface area contributed by atoms with Gasteiger partial charge in [0.1, 0.15) is 23.7 Å². The molecule has 96 valence electrons. The Bertz CT molecular complexity index is 378. The Morgan fingerprint density at radius 1 is 1.35 bits per heavy atom. The summed E-state index contributed by atoms with van der Waals surface area (Å²) in [5.74, 6) is -1.30. The third kappa shape index (κ3) is 3.89. The van der Waals surface area contributed by atoms with E-state index >= 15 is 0 Å². The molecular formula is C11H13F4NO. The van der Waals surface area contributed by atoms with Crippen LogP contribution in [0.5, 0.6) is 5.75 Å². The molecule has 1 atom stereocenters. The van der Waals surface area contributed by atoms with Crippen LogP contribution in [0.4, 0.5) is 17.6 Å². The molecule has 0 aromatic heterocycles. The second kappa shape index (κ2) is 5.35. The van der Waals surface area contributed by atoms with Gasteiger partial charge < -0.3 is 10.1 Å². The van der Waals surface area contributed by atoms with Gasteiger partial charge in [0.15, 0.2) is 0 Å². The molecule has 0 aliphatic heterocycles. The van der Waals surface area contributed by atoms with E-state index in [4.69, 9.17) is 4.74 Å². The Labute approximate surface area is 96.6 Å². The monoisotopic (exact) mass is 251 g/mol. The highest BCUT2D eigenvalue weighted by atomic mass is 19.4. The van der Waals surface area contributed by atoms with E-state index < -0.39 is 17.6 Å². The van der Waals surface area contributed by atoms with Crippen molar-refractivity contribution in [2.24, 2.45) is 0 Å². The summed E-state index contributed by atoms with van der Waals surface area (Å²) >= 11 is 0. The van der Waals surface area contributed by atoms with E-state index in [1.165, 1.54) is 0 Å². The van der Waals surface area contributed by atoms with Crippen LogP contribution in [0.2, 0.25) is 0 Å². The molecule has 0 saturated heterocycles. The van der Waals surface area contributed by atoms with Crippen molar-refractivity contribution in [2.75, 3.05) is 13.7 Å². The standard InChI is InChI=1S/C11H13F4NO/c1-7(16-2)6-17-10-4-3-8(12)5-9(10)11(13,14)15/h3-5,7,16H,6H2,1-2H3. The van der Waals surface area contributed by atoms with Crippen LogP contribution in [0.25, 0.3) is 0 Å². The predicted octanol–water partition coefficient (Wildman–Crippen LogP) is 2.83. The van der Waals surface area contributed by atoms with Crippen LogP contribution in [-0.2, 0) is 6.18 Å². The number of alkyl halides is 3. The van der Waals surface area contributed by atoms with E-state index in [1.54, 1.807) is 14.0 Å². The maximum absolute atomic E-state index is 12.8. The molecule has 1 unspecified atom stereocenters. The van der Waals surface area contributed by atoms with Crippen molar-refractivity contribution in [3.8, 4) is 5.75 Å². The Hall–Kier alpha value is -1.30. The third-order valence-corrected chi connectivity index (χ3v) is 2.23. The molecule has 1 rings (SSSR count). The van der Waals surface area contributed by atoms with E-state index in [9.17, 15) is 17.6 Å². The molecule has 6 heteroatoms. The van der Waals surface area contributed by atoms with Gasteiger partial charge in [0.2, 0.25) is 0 Å². The van der Waals surface area contributed by atoms with Gasteiger partial charge in [-0.15, -0.1) is 0 Å². The smallest absolute Gasteiger partial charge is 0.420 e. The Morgan fingerprint density at radius 3 is 2.53 bits per heavy atom. The average Bonchev–Trinajstić information content (AvgIpc) is 2.25. The second-order valence-corrected chi connectivity index (χ2v) is 3.64. The van der Waals surface area contributed by atoms with Crippen molar-refractivity contribution in [1.29, 1.82) is 0 Å². The van der Waals surface area contributed by atoms with Crippen LogP contribution in [0.1, 0.15) is 12.5 Å². The molecule has 0 bridgehead atoms. The topological polar surface area (TPSA) is 21.3 Å². The fourth-order valence-electron chi connectivity index (χ4n) is 1.15. The van der Waals surface area contributed by atoms with E-state index in [0.717, 1.165) is 12.1 Å². The van der Waals surface area contributed by atoms with Crippen LogP contribution in [-0.4, -0.2) is 19.7 Å². The number of rotatable bonds is 4. The first-order chi connectivity index (χ1) is 7.84. The van der Waals surface area contributed by atoms with Gasteiger partial charge >= 0.3 is 6.18 Å². The number of ether oxygens (including phenoxy) is 1. The SMILES string of the molecule is CNC(C)COc1ccc(F)cc1C(F)(F)F. The molecule has 0 aliphatic rings. The molecule has 1 aromatic carbocycles. The lowest BCUT2D eigenvalue weighted by atomic mass is 10.2. The summed E-state index contributed by atoms with van der Waals surface area (Å²) in [6.07, 6.45) is -4.62. The van der Waals surface area contributed by atoms with Crippen LogP contribution in [0, 0.1) is 5.82 Å².